The number of hydrogen-bond acceptors (Lipinski definition) is 5. The molecule has 6 heteroatoms. The summed E-state index contributed by atoms with van der Waals surface area (Å²) in [4.78, 5) is 13.4. The Morgan fingerprint density at radius 2 is 2.14 bits per heavy atom. The van der Waals surface area contributed by atoms with E-state index in [2.05, 4.69) is 31.2 Å². The summed E-state index contributed by atoms with van der Waals surface area (Å²) in [5.74, 6) is 0. The second-order valence-corrected chi connectivity index (χ2v) is 6.12. The van der Waals surface area contributed by atoms with E-state index in [0.717, 1.165) is 38.2 Å². The van der Waals surface area contributed by atoms with E-state index in [1.165, 1.54) is 18.5 Å². The molecule has 1 saturated heterocycles. The molecular formula is C16H25N5O. The molecule has 0 unspecified atom stereocenters. The summed E-state index contributed by atoms with van der Waals surface area (Å²) >= 11 is 0. The van der Waals surface area contributed by atoms with Gasteiger partial charge in [0.15, 0.2) is 5.65 Å². The number of fused-ring (bicyclic) bond motifs is 1. The van der Waals surface area contributed by atoms with Crippen molar-refractivity contribution in [3.63, 3.8) is 0 Å². The number of piperidine rings is 1. The highest BCUT2D eigenvalue weighted by molar-refractivity contribution is 5.36. The van der Waals surface area contributed by atoms with Crippen LogP contribution in [-0.4, -0.2) is 68.6 Å². The first-order valence-electron chi connectivity index (χ1n) is 8.07. The van der Waals surface area contributed by atoms with Gasteiger partial charge in [0.05, 0.1) is 18.1 Å². The number of rotatable bonds is 6. The first-order valence-corrected chi connectivity index (χ1v) is 8.07. The minimum Gasteiger partial charge on any atom is -0.396 e. The van der Waals surface area contributed by atoms with Crippen LogP contribution in [0.4, 0.5) is 0 Å². The van der Waals surface area contributed by atoms with E-state index in [-0.39, 0.29) is 6.61 Å². The highest BCUT2D eigenvalue weighted by atomic mass is 16.3. The highest BCUT2D eigenvalue weighted by Crippen LogP contribution is 2.18. The maximum atomic E-state index is 8.94. The molecule has 0 radical (unpaired) electrons. The number of nitrogens with zero attached hydrogens (tertiary/aromatic N) is 5. The van der Waals surface area contributed by atoms with Crippen molar-refractivity contribution in [1.29, 1.82) is 0 Å². The highest BCUT2D eigenvalue weighted by Gasteiger charge is 2.22. The van der Waals surface area contributed by atoms with Gasteiger partial charge >= 0.3 is 0 Å². The van der Waals surface area contributed by atoms with Gasteiger partial charge in [-0.15, -0.1) is 0 Å². The average molecular weight is 303 g/mol. The Hall–Kier alpha value is -1.50. The lowest BCUT2D eigenvalue weighted by Crippen LogP contribution is -2.43. The Morgan fingerprint density at radius 1 is 1.32 bits per heavy atom. The molecule has 0 spiro atoms. The van der Waals surface area contributed by atoms with Crippen LogP contribution in [0.25, 0.3) is 5.65 Å². The van der Waals surface area contributed by atoms with Gasteiger partial charge in [-0.05, 0) is 26.3 Å². The molecule has 1 aliphatic rings. The van der Waals surface area contributed by atoms with Crippen LogP contribution >= 0.6 is 0 Å². The smallest absolute Gasteiger partial charge is 0.155 e. The van der Waals surface area contributed by atoms with Crippen molar-refractivity contribution in [2.75, 3.05) is 33.3 Å². The molecular weight excluding hydrogens is 278 g/mol. The van der Waals surface area contributed by atoms with Gasteiger partial charge in [-0.3, -0.25) is 14.3 Å². The van der Waals surface area contributed by atoms with Gasteiger partial charge < -0.3 is 10.0 Å². The monoisotopic (exact) mass is 303 g/mol. The summed E-state index contributed by atoms with van der Waals surface area (Å²) in [6.45, 7) is 4.45. The van der Waals surface area contributed by atoms with E-state index in [1.807, 2.05) is 12.4 Å². The number of aliphatic hydroxyl groups is 1. The quantitative estimate of drug-likeness (QED) is 0.863. The van der Waals surface area contributed by atoms with Crippen molar-refractivity contribution in [1.82, 2.24) is 24.2 Å². The van der Waals surface area contributed by atoms with Crippen LogP contribution in [0, 0.1) is 0 Å². The Bertz CT molecular complexity index is 591. The molecule has 2 aromatic rings. The van der Waals surface area contributed by atoms with Gasteiger partial charge in [0.2, 0.25) is 0 Å². The molecule has 1 fully saturated rings. The maximum Gasteiger partial charge on any atom is 0.155 e. The number of aliphatic hydroxyl groups excluding tert-OH is 1. The predicted molar refractivity (Wildman–Crippen MR) is 85.6 cm³/mol. The zero-order chi connectivity index (χ0) is 15.4. The van der Waals surface area contributed by atoms with Crippen molar-refractivity contribution >= 4 is 5.65 Å². The lowest BCUT2D eigenvalue weighted by molar-refractivity contribution is 0.116. The Morgan fingerprint density at radius 3 is 2.91 bits per heavy atom. The molecule has 0 saturated carbocycles. The van der Waals surface area contributed by atoms with E-state index < -0.39 is 0 Å². The van der Waals surface area contributed by atoms with Crippen molar-refractivity contribution in [2.24, 2.45) is 0 Å². The van der Waals surface area contributed by atoms with Gasteiger partial charge in [0.1, 0.15) is 0 Å². The number of aromatic nitrogens is 3. The van der Waals surface area contributed by atoms with Crippen LogP contribution in [0.2, 0.25) is 0 Å². The number of hydrogen-bond donors (Lipinski definition) is 1. The molecule has 6 nitrogen and oxygen atoms in total. The zero-order valence-electron chi connectivity index (χ0n) is 13.2. The van der Waals surface area contributed by atoms with Crippen LogP contribution < -0.4 is 0 Å². The molecule has 120 valence electrons. The van der Waals surface area contributed by atoms with Crippen LogP contribution in [0.1, 0.15) is 25.0 Å². The van der Waals surface area contributed by atoms with E-state index >= 15 is 0 Å². The summed E-state index contributed by atoms with van der Waals surface area (Å²) < 4.78 is 2.12. The third kappa shape index (κ3) is 3.45. The summed E-state index contributed by atoms with van der Waals surface area (Å²) in [6.07, 6.45) is 10.8. The van der Waals surface area contributed by atoms with Crippen LogP contribution in [0.15, 0.2) is 24.8 Å². The van der Waals surface area contributed by atoms with Crippen LogP contribution in [-0.2, 0) is 6.54 Å². The number of imidazole rings is 1. The molecule has 3 heterocycles. The molecule has 0 aromatic carbocycles. The minimum atomic E-state index is 0.284. The van der Waals surface area contributed by atoms with Gasteiger partial charge in [0.25, 0.3) is 0 Å². The average Bonchev–Trinajstić information content (AvgIpc) is 2.96. The summed E-state index contributed by atoms with van der Waals surface area (Å²) in [5, 5.41) is 8.94. The fraction of sp³-hybridized carbons (Fsp3) is 0.625. The van der Waals surface area contributed by atoms with Gasteiger partial charge in [-0.2, -0.15) is 0 Å². The topological polar surface area (TPSA) is 56.9 Å². The minimum absolute atomic E-state index is 0.284. The molecule has 0 aliphatic carbocycles. The molecule has 0 bridgehead atoms. The Kier molecular flexibility index (Phi) is 5.02. The van der Waals surface area contributed by atoms with E-state index in [9.17, 15) is 0 Å². The van der Waals surface area contributed by atoms with Crippen molar-refractivity contribution in [3.8, 4) is 0 Å². The maximum absolute atomic E-state index is 8.94. The SMILES string of the molecule is CN(CCCO)C1CCN(Cc2cnc3cnccn23)CC1. The molecule has 3 rings (SSSR count). The number of likely N-dealkylation sites (tertiary alicyclic amines) is 1. The first kappa shape index (κ1) is 15.4. The van der Waals surface area contributed by atoms with Crippen molar-refractivity contribution < 1.29 is 5.11 Å². The molecule has 0 atom stereocenters. The van der Waals surface area contributed by atoms with Crippen molar-refractivity contribution in [2.45, 2.75) is 31.8 Å². The third-order valence-electron chi connectivity index (χ3n) is 4.63. The largest absolute Gasteiger partial charge is 0.396 e. The van der Waals surface area contributed by atoms with Crippen LogP contribution in [0.3, 0.4) is 0 Å². The second kappa shape index (κ2) is 7.17. The summed E-state index contributed by atoms with van der Waals surface area (Å²) in [7, 11) is 2.17. The molecule has 1 aliphatic heterocycles. The van der Waals surface area contributed by atoms with E-state index in [4.69, 9.17) is 5.11 Å². The van der Waals surface area contributed by atoms with Gasteiger partial charge in [0, 0.05) is 51.2 Å². The molecule has 22 heavy (non-hydrogen) atoms. The normalized spacial score (nSPS) is 17.6. The van der Waals surface area contributed by atoms with Gasteiger partial charge in [-0.25, -0.2) is 4.98 Å². The summed E-state index contributed by atoms with van der Waals surface area (Å²) in [5.41, 5.74) is 2.14. The van der Waals surface area contributed by atoms with E-state index in [0.29, 0.717) is 6.04 Å². The second-order valence-electron chi connectivity index (χ2n) is 6.12. The first-order chi connectivity index (χ1) is 10.8. The third-order valence-corrected chi connectivity index (χ3v) is 4.63. The Labute approximate surface area is 131 Å². The summed E-state index contributed by atoms with van der Waals surface area (Å²) in [6, 6.07) is 0.647. The lowest BCUT2D eigenvalue weighted by Gasteiger charge is -2.36. The lowest BCUT2D eigenvalue weighted by atomic mass is 10.0. The molecule has 0 amide bonds. The molecule has 1 N–H and O–H groups in total. The predicted octanol–water partition coefficient (Wildman–Crippen LogP) is 1.01. The molecule has 2 aromatic heterocycles. The fourth-order valence-electron chi connectivity index (χ4n) is 3.26. The zero-order valence-corrected chi connectivity index (χ0v) is 13.2. The Balaban J connectivity index is 1.54. The van der Waals surface area contributed by atoms with E-state index in [1.54, 1.807) is 12.4 Å². The van der Waals surface area contributed by atoms with Crippen LogP contribution in [0.5, 0.6) is 0 Å². The standard InChI is InChI=1S/C16H25N5O/c1-19(6-2-10-22)14-3-7-20(8-4-14)13-15-11-18-16-12-17-5-9-21(15)16/h5,9,11-12,14,22H,2-4,6-8,10,13H2,1H3. The fourth-order valence-corrected chi connectivity index (χ4v) is 3.26. The van der Waals surface area contributed by atoms with Gasteiger partial charge in [-0.1, -0.05) is 0 Å². The van der Waals surface area contributed by atoms with Crippen molar-refractivity contribution in [3.05, 3.63) is 30.5 Å².